The maximum atomic E-state index is 12.4. The summed E-state index contributed by atoms with van der Waals surface area (Å²) >= 11 is 0. The predicted molar refractivity (Wildman–Crippen MR) is 106 cm³/mol. The van der Waals surface area contributed by atoms with Crippen LogP contribution < -0.4 is 15.4 Å². The van der Waals surface area contributed by atoms with E-state index < -0.39 is 16.1 Å². The Balaban J connectivity index is 2.30. The van der Waals surface area contributed by atoms with E-state index in [0.717, 1.165) is 11.1 Å². The first-order chi connectivity index (χ1) is 12.7. The molecule has 0 atom stereocenters. The van der Waals surface area contributed by atoms with Crippen molar-refractivity contribution >= 4 is 27.4 Å². The molecule has 0 fully saturated rings. The van der Waals surface area contributed by atoms with Crippen molar-refractivity contribution < 1.29 is 13.2 Å². The van der Waals surface area contributed by atoms with E-state index in [2.05, 4.69) is 20.8 Å². The van der Waals surface area contributed by atoms with Gasteiger partial charge in [0.2, 0.25) is 0 Å². The van der Waals surface area contributed by atoms with Crippen molar-refractivity contribution in [1.29, 1.82) is 0 Å². The molecule has 0 radical (unpaired) electrons. The van der Waals surface area contributed by atoms with Gasteiger partial charge in [-0.2, -0.15) is 13.5 Å². The third-order valence-corrected chi connectivity index (χ3v) is 5.24. The fraction of sp³-hybridized carbons (Fsp3) is 0.389. The number of nitrogens with one attached hydrogen (secondary N) is 3. The Labute approximate surface area is 159 Å². The van der Waals surface area contributed by atoms with E-state index in [1.54, 1.807) is 7.05 Å². The van der Waals surface area contributed by atoms with Crippen molar-refractivity contribution in [2.75, 3.05) is 17.7 Å². The molecule has 3 N–H and O–H groups in total. The normalized spacial score (nSPS) is 11.5. The Kier molecular flexibility index (Phi) is 6.37. The number of sulfonamides is 1. The zero-order chi connectivity index (χ0) is 20.2. The molecule has 0 saturated heterocycles. The van der Waals surface area contributed by atoms with E-state index in [-0.39, 0.29) is 16.9 Å². The molecule has 0 aliphatic heterocycles. The molecule has 0 bridgehead atoms. The monoisotopic (exact) mass is 391 g/mol. The first kappa shape index (κ1) is 20.6. The van der Waals surface area contributed by atoms with Gasteiger partial charge in [-0.05, 0) is 23.0 Å². The van der Waals surface area contributed by atoms with E-state index in [1.165, 1.54) is 12.3 Å². The maximum absolute atomic E-state index is 12.4. The summed E-state index contributed by atoms with van der Waals surface area (Å²) in [6.07, 6.45) is 1.38. The molecule has 27 heavy (non-hydrogen) atoms. The van der Waals surface area contributed by atoms with Crippen LogP contribution in [-0.4, -0.2) is 31.7 Å². The number of hydrogen-bond donors (Lipinski definition) is 3. The average Bonchev–Trinajstić information content (AvgIpc) is 2.61. The molecule has 2 rings (SSSR count). The van der Waals surface area contributed by atoms with Crippen LogP contribution in [0.3, 0.4) is 0 Å². The van der Waals surface area contributed by atoms with Crippen LogP contribution in [0.2, 0.25) is 0 Å². The van der Waals surface area contributed by atoms with Gasteiger partial charge in [0.25, 0.3) is 10.0 Å². The summed E-state index contributed by atoms with van der Waals surface area (Å²) in [5, 5.41) is 12.4. The number of hydrogen-bond acceptors (Lipinski definition) is 6. The first-order valence-electron chi connectivity index (χ1n) is 8.62. The highest BCUT2D eigenvalue weighted by atomic mass is 32.2. The molecule has 1 heterocycles. The standard InChI is InChI=1S/C18H25N5O3S/c1-11(2)14-7-6-8-15(12(3)4)17(14)21-18(24)23-27(25,26)16-9-13(19-5)10-20-22-16/h6-12H,1-5H3,(H,19,22)(H2,21,23,24). The number of urea groups is 1. The molecule has 0 aliphatic carbocycles. The lowest BCUT2D eigenvalue weighted by molar-refractivity contribution is 0.256. The SMILES string of the molecule is CNc1cnnc(S(=O)(=O)NC(=O)Nc2c(C(C)C)cccc2C(C)C)c1. The highest BCUT2D eigenvalue weighted by Crippen LogP contribution is 2.32. The van der Waals surface area contributed by atoms with Crippen molar-refractivity contribution in [1.82, 2.24) is 14.9 Å². The van der Waals surface area contributed by atoms with Crippen LogP contribution in [0.15, 0.2) is 35.5 Å². The Morgan fingerprint density at radius 3 is 2.19 bits per heavy atom. The second kappa shape index (κ2) is 8.34. The first-order valence-corrected chi connectivity index (χ1v) is 10.1. The second-order valence-corrected chi connectivity index (χ2v) is 8.34. The van der Waals surface area contributed by atoms with E-state index >= 15 is 0 Å². The highest BCUT2D eigenvalue weighted by molar-refractivity contribution is 7.90. The second-order valence-electron chi connectivity index (χ2n) is 6.71. The zero-order valence-electron chi connectivity index (χ0n) is 16.1. The molecule has 146 valence electrons. The number of carbonyl (C=O) groups excluding carboxylic acids is 1. The Morgan fingerprint density at radius 1 is 1.07 bits per heavy atom. The summed E-state index contributed by atoms with van der Waals surface area (Å²) in [5.41, 5.74) is 2.97. The summed E-state index contributed by atoms with van der Waals surface area (Å²) in [6.45, 7) is 8.05. The Bertz CT molecular complexity index is 900. The summed E-state index contributed by atoms with van der Waals surface area (Å²) in [5.74, 6) is 0.322. The van der Waals surface area contributed by atoms with Crippen LogP contribution in [-0.2, 0) is 10.0 Å². The summed E-state index contributed by atoms with van der Waals surface area (Å²) in [7, 11) is -2.53. The largest absolute Gasteiger partial charge is 0.387 e. The molecule has 8 nitrogen and oxygen atoms in total. The van der Waals surface area contributed by atoms with Gasteiger partial charge in [0, 0.05) is 18.8 Å². The number of para-hydroxylation sites is 1. The van der Waals surface area contributed by atoms with Crippen LogP contribution in [0.5, 0.6) is 0 Å². The molecule has 1 aromatic carbocycles. The van der Waals surface area contributed by atoms with Crippen molar-refractivity contribution in [2.45, 2.75) is 44.6 Å². The molecule has 9 heteroatoms. The van der Waals surface area contributed by atoms with Gasteiger partial charge in [-0.25, -0.2) is 9.52 Å². The minimum atomic E-state index is -4.15. The third-order valence-electron chi connectivity index (χ3n) is 4.03. The average molecular weight is 391 g/mol. The maximum Gasteiger partial charge on any atom is 0.333 e. The number of aromatic nitrogens is 2. The van der Waals surface area contributed by atoms with Gasteiger partial charge in [0.1, 0.15) is 0 Å². The number of rotatable bonds is 6. The molecule has 2 amide bonds. The molecule has 0 spiro atoms. The van der Waals surface area contributed by atoms with Crippen molar-refractivity contribution in [3.63, 3.8) is 0 Å². The number of carbonyl (C=O) groups is 1. The van der Waals surface area contributed by atoms with E-state index in [0.29, 0.717) is 11.4 Å². The van der Waals surface area contributed by atoms with Gasteiger partial charge in [-0.3, -0.25) is 0 Å². The minimum Gasteiger partial charge on any atom is -0.387 e. The lowest BCUT2D eigenvalue weighted by atomic mass is 9.93. The Hall–Kier alpha value is -2.68. The molecule has 0 aliphatic rings. The fourth-order valence-corrected chi connectivity index (χ4v) is 3.46. The number of benzene rings is 1. The van der Waals surface area contributed by atoms with E-state index in [9.17, 15) is 13.2 Å². The molecule has 0 unspecified atom stereocenters. The molecular formula is C18H25N5O3S. The predicted octanol–water partition coefficient (Wildman–Crippen LogP) is 3.28. The number of nitrogens with zero attached hydrogens (tertiary/aromatic N) is 2. The molecule has 0 saturated carbocycles. The fourth-order valence-electron chi connectivity index (χ4n) is 2.62. The summed E-state index contributed by atoms with van der Waals surface area (Å²) < 4.78 is 26.9. The zero-order valence-corrected chi connectivity index (χ0v) is 16.9. The van der Waals surface area contributed by atoms with Crippen LogP contribution in [0.25, 0.3) is 0 Å². The molecule has 1 aromatic heterocycles. The van der Waals surface area contributed by atoms with Gasteiger partial charge in [0.05, 0.1) is 11.9 Å². The summed E-state index contributed by atoms with van der Waals surface area (Å²) in [6, 6.07) is 6.22. The van der Waals surface area contributed by atoms with Crippen LogP contribution in [0.1, 0.15) is 50.7 Å². The summed E-state index contributed by atoms with van der Waals surface area (Å²) in [4.78, 5) is 12.4. The van der Waals surface area contributed by atoms with Gasteiger partial charge in [0.15, 0.2) is 5.03 Å². The lowest BCUT2D eigenvalue weighted by Gasteiger charge is -2.20. The van der Waals surface area contributed by atoms with Gasteiger partial charge in [-0.15, -0.1) is 5.10 Å². The Morgan fingerprint density at radius 2 is 1.67 bits per heavy atom. The quantitative estimate of drug-likeness (QED) is 0.696. The van der Waals surface area contributed by atoms with E-state index in [1.807, 2.05) is 50.6 Å². The van der Waals surface area contributed by atoms with Crippen molar-refractivity contribution in [2.24, 2.45) is 0 Å². The smallest absolute Gasteiger partial charge is 0.333 e. The van der Waals surface area contributed by atoms with Crippen LogP contribution in [0.4, 0.5) is 16.2 Å². The lowest BCUT2D eigenvalue weighted by Crippen LogP contribution is -2.35. The third kappa shape index (κ3) is 4.94. The van der Waals surface area contributed by atoms with Crippen molar-refractivity contribution in [3.05, 3.63) is 41.6 Å². The van der Waals surface area contributed by atoms with Crippen LogP contribution in [0, 0.1) is 0 Å². The van der Waals surface area contributed by atoms with Crippen LogP contribution >= 0.6 is 0 Å². The number of anilines is 2. The van der Waals surface area contributed by atoms with E-state index in [4.69, 9.17) is 0 Å². The van der Waals surface area contributed by atoms with Gasteiger partial charge in [-0.1, -0.05) is 45.9 Å². The highest BCUT2D eigenvalue weighted by Gasteiger charge is 2.22. The topological polar surface area (TPSA) is 113 Å². The molecule has 2 aromatic rings. The van der Waals surface area contributed by atoms with Gasteiger partial charge < -0.3 is 10.6 Å². The molecular weight excluding hydrogens is 366 g/mol. The minimum absolute atomic E-state index is 0.161. The number of amides is 2. The van der Waals surface area contributed by atoms with Crippen molar-refractivity contribution in [3.8, 4) is 0 Å². The van der Waals surface area contributed by atoms with Gasteiger partial charge >= 0.3 is 6.03 Å².